The smallest absolute Gasteiger partial charge is 0.275 e. The van der Waals surface area contributed by atoms with Gasteiger partial charge >= 0.3 is 0 Å². The highest BCUT2D eigenvalue weighted by Gasteiger charge is 2.14. The molecular weight excluding hydrogens is 466 g/mol. The second kappa shape index (κ2) is 6.39. The minimum Gasteiger partial charge on any atom is -0.320 e. The van der Waals surface area contributed by atoms with Crippen LogP contribution in [0.4, 0.5) is 5.69 Å². The third-order valence-corrected chi connectivity index (χ3v) is 4.08. The molecule has 98 valence electrons. The fourth-order valence-corrected chi connectivity index (χ4v) is 2.53. The number of pyridine rings is 1. The quantitative estimate of drug-likeness (QED) is 0.494. The van der Waals surface area contributed by atoms with E-state index in [-0.39, 0.29) is 15.9 Å². The van der Waals surface area contributed by atoms with Gasteiger partial charge in [-0.1, -0.05) is 23.2 Å². The van der Waals surface area contributed by atoms with Crippen LogP contribution in [0, 0.1) is 3.57 Å². The lowest BCUT2D eigenvalue weighted by molar-refractivity contribution is 0.102. The molecule has 0 aliphatic rings. The summed E-state index contributed by atoms with van der Waals surface area (Å²) in [5.74, 6) is -0.407. The van der Waals surface area contributed by atoms with E-state index in [0.717, 1.165) is 8.04 Å². The summed E-state index contributed by atoms with van der Waals surface area (Å²) in [5.41, 5.74) is 0.745. The van der Waals surface area contributed by atoms with Gasteiger partial charge in [0.15, 0.2) is 0 Å². The van der Waals surface area contributed by atoms with Gasteiger partial charge in [-0.2, -0.15) is 0 Å². The van der Waals surface area contributed by atoms with E-state index in [1.165, 1.54) is 12.1 Å². The third kappa shape index (κ3) is 3.81. The minimum atomic E-state index is -0.407. The van der Waals surface area contributed by atoms with Crippen molar-refractivity contribution in [1.29, 1.82) is 0 Å². The second-order valence-electron chi connectivity index (χ2n) is 3.54. The van der Waals surface area contributed by atoms with E-state index in [2.05, 4.69) is 48.8 Å². The van der Waals surface area contributed by atoms with Crippen molar-refractivity contribution < 1.29 is 4.79 Å². The molecule has 0 atom stereocenters. The van der Waals surface area contributed by atoms with E-state index in [0.29, 0.717) is 5.69 Å². The van der Waals surface area contributed by atoms with Crippen molar-refractivity contribution in [3.63, 3.8) is 0 Å². The Labute approximate surface area is 142 Å². The number of carbonyl (C=O) groups is 1. The molecule has 2 rings (SSSR count). The van der Waals surface area contributed by atoms with Gasteiger partial charge in [-0.25, -0.2) is 4.98 Å². The molecule has 1 N–H and O–H groups in total. The van der Waals surface area contributed by atoms with Crippen LogP contribution in [0.15, 0.2) is 34.8 Å². The van der Waals surface area contributed by atoms with Gasteiger partial charge in [0.2, 0.25) is 0 Å². The van der Waals surface area contributed by atoms with Gasteiger partial charge in [0.1, 0.15) is 10.8 Å². The van der Waals surface area contributed by atoms with E-state index in [1.54, 1.807) is 0 Å². The maximum atomic E-state index is 12.1. The number of hydrogen-bond donors (Lipinski definition) is 1. The molecule has 0 bridgehead atoms. The van der Waals surface area contributed by atoms with Gasteiger partial charge in [-0.15, -0.1) is 0 Å². The Morgan fingerprint density at radius 3 is 2.74 bits per heavy atom. The van der Waals surface area contributed by atoms with E-state index >= 15 is 0 Å². The number of carbonyl (C=O) groups excluding carboxylic acids is 1. The molecule has 1 aromatic carbocycles. The highest BCUT2D eigenvalue weighted by atomic mass is 127. The third-order valence-electron chi connectivity index (χ3n) is 2.20. The van der Waals surface area contributed by atoms with Crippen molar-refractivity contribution >= 4 is 73.3 Å². The Bertz CT molecular complexity index is 652. The Kier molecular flexibility index (Phi) is 5.05. The summed E-state index contributed by atoms with van der Waals surface area (Å²) >= 11 is 17.2. The first-order valence-electron chi connectivity index (χ1n) is 5.06. The van der Waals surface area contributed by atoms with Crippen molar-refractivity contribution in [2.24, 2.45) is 0 Å². The molecule has 0 fully saturated rings. The fraction of sp³-hybridized carbons (Fsp3) is 0. The van der Waals surface area contributed by atoms with Gasteiger partial charge in [-0.05, 0) is 68.9 Å². The number of aromatic nitrogens is 1. The van der Waals surface area contributed by atoms with Gasteiger partial charge in [0.05, 0.1) is 10.7 Å². The average molecular weight is 472 g/mol. The van der Waals surface area contributed by atoms with Crippen LogP contribution in [0.3, 0.4) is 0 Å². The first-order chi connectivity index (χ1) is 8.97. The number of hydrogen-bond acceptors (Lipinski definition) is 2. The number of anilines is 1. The van der Waals surface area contributed by atoms with Crippen molar-refractivity contribution in [2.45, 2.75) is 0 Å². The first kappa shape index (κ1) is 15.0. The van der Waals surface area contributed by atoms with Crippen LogP contribution in [0.25, 0.3) is 0 Å². The summed E-state index contributed by atoms with van der Waals surface area (Å²) in [5, 5.41) is 3.21. The molecule has 1 amide bonds. The number of benzene rings is 1. The maximum absolute atomic E-state index is 12.1. The van der Waals surface area contributed by atoms with Crippen LogP contribution in [-0.4, -0.2) is 10.9 Å². The molecule has 1 aromatic heterocycles. The number of amides is 1. The van der Waals surface area contributed by atoms with Gasteiger partial charge in [0.25, 0.3) is 5.91 Å². The molecule has 1 heterocycles. The van der Waals surface area contributed by atoms with Crippen LogP contribution in [0.2, 0.25) is 10.2 Å². The Balaban J connectivity index is 2.30. The first-order valence-corrected chi connectivity index (χ1v) is 7.68. The summed E-state index contributed by atoms with van der Waals surface area (Å²) in [6, 6.07) is 8.67. The molecule has 0 spiro atoms. The van der Waals surface area contributed by atoms with E-state index in [4.69, 9.17) is 23.2 Å². The van der Waals surface area contributed by atoms with E-state index in [9.17, 15) is 4.79 Å². The molecule has 0 radical (unpaired) electrons. The largest absolute Gasteiger partial charge is 0.320 e. The van der Waals surface area contributed by atoms with Crippen LogP contribution in [0.5, 0.6) is 0 Å². The van der Waals surface area contributed by atoms with Crippen molar-refractivity contribution in [1.82, 2.24) is 4.98 Å². The van der Waals surface area contributed by atoms with E-state index < -0.39 is 5.91 Å². The molecule has 0 saturated heterocycles. The lowest BCUT2D eigenvalue weighted by atomic mass is 10.3. The zero-order valence-electron chi connectivity index (χ0n) is 9.25. The summed E-state index contributed by atoms with van der Waals surface area (Å²) in [4.78, 5) is 16.0. The number of halogens is 4. The molecular formula is C12H6BrCl2IN2O. The number of nitrogens with zero attached hydrogens (tertiary/aromatic N) is 1. The van der Waals surface area contributed by atoms with Crippen molar-refractivity contribution in [2.75, 3.05) is 5.32 Å². The highest BCUT2D eigenvalue weighted by molar-refractivity contribution is 14.1. The normalized spacial score (nSPS) is 10.3. The summed E-state index contributed by atoms with van der Waals surface area (Å²) in [6.45, 7) is 0. The molecule has 0 saturated carbocycles. The SMILES string of the molecule is O=C(Nc1cc(I)ccc1Br)c1nc(Cl)ccc1Cl. The topological polar surface area (TPSA) is 42.0 Å². The Morgan fingerprint density at radius 1 is 1.26 bits per heavy atom. The number of rotatable bonds is 2. The second-order valence-corrected chi connectivity index (χ2v) is 6.44. The molecule has 0 aliphatic heterocycles. The predicted molar refractivity (Wildman–Crippen MR) is 89.1 cm³/mol. The lowest BCUT2D eigenvalue weighted by Gasteiger charge is -2.08. The predicted octanol–water partition coefficient (Wildman–Crippen LogP) is 5.01. The standard InChI is InChI=1S/C12H6BrCl2IN2O/c13-7-2-1-6(16)5-9(7)17-12(19)11-8(14)3-4-10(15)18-11/h1-5H,(H,17,19). The Morgan fingerprint density at radius 2 is 2.00 bits per heavy atom. The van der Waals surface area contributed by atoms with Crippen LogP contribution in [-0.2, 0) is 0 Å². The summed E-state index contributed by atoms with van der Waals surface area (Å²) in [7, 11) is 0. The molecule has 7 heteroatoms. The molecule has 0 unspecified atom stereocenters. The molecule has 0 aliphatic carbocycles. The average Bonchev–Trinajstić information content (AvgIpc) is 2.36. The van der Waals surface area contributed by atoms with Crippen molar-refractivity contribution in [3.8, 4) is 0 Å². The molecule has 2 aromatic rings. The zero-order valence-corrected chi connectivity index (χ0v) is 14.5. The maximum Gasteiger partial charge on any atom is 0.275 e. The van der Waals surface area contributed by atoms with E-state index in [1.807, 2.05) is 18.2 Å². The van der Waals surface area contributed by atoms with Gasteiger partial charge < -0.3 is 5.32 Å². The highest BCUT2D eigenvalue weighted by Crippen LogP contribution is 2.26. The van der Waals surface area contributed by atoms with Gasteiger partial charge in [0, 0.05) is 8.04 Å². The van der Waals surface area contributed by atoms with Crippen LogP contribution >= 0.6 is 61.7 Å². The van der Waals surface area contributed by atoms with Crippen LogP contribution < -0.4 is 5.32 Å². The Hall–Kier alpha value is -0.370. The van der Waals surface area contributed by atoms with Gasteiger partial charge in [-0.3, -0.25) is 4.79 Å². The van der Waals surface area contributed by atoms with Crippen molar-refractivity contribution in [3.05, 3.63) is 54.2 Å². The lowest BCUT2D eigenvalue weighted by Crippen LogP contribution is -2.14. The number of nitrogens with one attached hydrogen (secondary N) is 1. The molecule has 3 nitrogen and oxygen atoms in total. The minimum absolute atomic E-state index is 0.0972. The fourth-order valence-electron chi connectivity index (χ4n) is 1.35. The molecule has 19 heavy (non-hydrogen) atoms. The summed E-state index contributed by atoms with van der Waals surface area (Å²) < 4.78 is 1.78. The van der Waals surface area contributed by atoms with Crippen LogP contribution in [0.1, 0.15) is 10.5 Å². The summed E-state index contributed by atoms with van der Waals surface area (Å²) in [6.07, 6.45) is 0. The monoisotopic (exact) mass is 470 g/mol. The zero-order chi connectivity index (χ0) is 14.0.